The van der Waals surface area contributed by atoms with Gasteiger partial charge in [-0.3, -0.25) is 14.5 Å². The van der Waals surface area contributed by atoms with E-state index in [1.807, 2.05) is 35.2 Å². The first-order chi connectivity index (χ1) is 16.0. The number of piperazine rings is 1. The van der Waals surface area contributed by atoms with Crippen molar-refractivity contribution in [2.24, 2.45) is 11.3 Å². The Labute approximate surface area is 202 Å². The lowest BCUT2D eigenvalue weighted by atomic mass is 9.90. The van der Waals surface area contributed by atoms with Gasteiger partial charge in [-0.1, -0.05) is 43.0 Å². The first-order valence-electron chi connectivity index (χ1n) is 12.8. The van der Waals surface area contributed by atoms with Gasteiger partial charge in [-0.25, -0.2) is 0 Å². The fourth-order valence-corrected chi connectivity index (χ4v) is 6.37. The Morgan fingerprint density at radius 2 is 1.55 bits per heavy atom. The molecule has 1 aromatic carbocycles. The van der Waals surface area contributed by atoms with E-state index in [-0.39, 0.29) is 17.2 Å². The molecule has 4 fully saturated rings. The number of carbonyl (C=O) groups is 2. The minimum absolute atomic E-state index is 0.0576. The van der Waals surface area contributed by atoms with Crippen molar-refractivity contribution in [3.63, 3.8) is 0 Å². The molecular formula is C27H36ClN3O2. The molecule has 0 radical (unpaired) electrons. The fraction of sp³-hybridized carbons (Fsp3) is 0.630. The molecule has 1 spiro atoms. The molecule has 5 rings (SSSR count). The molecule has 33 heavy (non-hydrogen) atoms. The molecule has 1 atom stereocenters. The molecule has 5 nitrogen and oxygen atoms in total. The normalized spacial score (nSPS) is 26.2. The number of piperidine rings is 1. The van der Waals surface area contributed by atoms with Gasteiger partial charge in [0.15, 0.2) is 0 Å². The van der Waals surface area contributed by atoms with Crippen molar-refractivity contribution in [1.82, 2.24) is 14.7 Å². The van der Waals surface area contributed by atoms with Crippen molar-refractivity contribution >= 4 is 29.5 Å². The van der Waals surface area contributed by atoms with Crippen LogP contribution in [0.1, 0.15) is 56.9 Å². The summed E-state index contributed by atoms with van der Waals surface area (Å²) in [6, 6.07) is 8.23. The summed E-state index contributed by atoms with van der Waals surface area (Å²) in [5, 5.41) is 0.694. The highest BCUT2D eigenvalue weighted by Crippen LogP contribution is 2.60. The minimum atomic E-state index is 0.0576. The zero-order valence-electron chi connectivity index (χ0n) is 19.6. The van der Waals surface area contributed by atoms with Crippen LogP contribution >= 0.6 is 11.6 Å². The minimum Gasteiger partial charge on any atom is -0.340 e. The number of carbonyl (C=O) groups excluding carboxylic acids is 2. The fourth-order valence-electron chi connectivity index (χ4n) is 6.24. The Morgan fingerprint density at radius 1 is 0.879 bits per heavy atom. The maximum atomic E-state index is 13.2. The highest BCUT2D eigenvalue weighted by atomic mass is 35.5. The Balaban J connectivity index is 1.07. The molecule has 2 saturated heterocycles. The number of hydrogen-bond acceptors (Lipinski definition) is 3. The van der Waals surface area contributed by atoms with Crippen LogP contribution in [0.5, 0.6) is 0 Å². The van der Waals surface area contributed by atoms with Crippen molar-refractivity contribution in [3.05, 3.63) is 40.9 Å². The third kappa shape index (κ3) is 5.14. The number of rotatable bonds is 4. The van der Waals surface area contributed by atoms with Crippen molar-refractivity contribution in [1.29, 1.82) is 0 Å². The number of hydrogen-bond donors (Lipinski definition) is 0. The summed E-state index contributed by atoms with van der Waals surface area (Å²) in [6.07, 6.45) is 13.2. The Bertz CT molecular complexity index is 877. The number of benzene rings is 1. The summed E-state index contributed by atoms with van der Waals surface area (Å²) >= 11 is 5.92. The topological polar surface area (TPSA) is 43.9 Å². The lowest BCUT2D eigenvalue weighted by Gasteiger charge is -2.41. The molecular weight excluding hydrogens is 434 g/mol. The van der Waals surface area contributed by atoms with Gasteiger partial charge in [-0.2, -0.15) is 0 Å². The van der Waals surface area contributed by atoms with Gasteiger partial charge in [0.05, 0.1) is 0 Å². The molecule has 178 valence electrons. The van der Waals surface area contributed by atoms with E-state index in [4.69, 9.17) is 11.6 Å². The van der Waals surface area contributed by atoms with E-state index < -0.39 is 0 Å². The first-order valence-corrected chi connectivity index (χ1v) is 13.2. The van der Waals surface area contributed by atoms with Gasteiger partial charge in [0.1, 0.15) is 0 Å². The van der Waals surface area contributed by atoms with E-state index in [2.05, 4.69) is 9.80 Å². The van der Waals surface area contributed by atoms with E-state index in [1.54, 1.807) is 6.08 Å². The van der Waals surface area contributed by atoms with Gasteiger partial charge < -0.3 is 9.80 Å². The van der Waals surface area contributed by atoms with Gasteiger partial charge in [0.2, 0.25) is 11.8 Å². The van der Waals surface area contributed by atoms with Crippen molar-refractivity contribution < 1.29 is 9.59 Å². The highest BCUT2D eigenvalue weighted by Gasteiger charge is 2.59. The first kappa shape index (κ1) is 22.9. The van der Waals surface area contributed by atoms with Crippen LogP contribution in [-0.2, 0) is 9.59 Å². The molecule has 0 bridgehead atoms. The smallest absolute Gasteiger partial charge is 0.246 e. The summed E-state index contributed by atoms with van der Waals surface area (Å²) in [5.74, 6) is 0.614. The van der Waals surface area contributed by atoms with Crippen LogP contribution in [0, 0.1) is 11.3 Å². The average molecular weight is 470 g/mol. The number of nitrogens with zero attached hydrogens (tertiary/aromatic N) is 3. The third-order valence-corrected chi connectivity index (χ3v) is 8.82. The van der Waals surface area contributed by atoms with Crippen molar-refractivity contribution in [2.45, 2.75) is 57.4 Å². The number of halogens is 1. The zero-order valence-corrected chi connectivity index (χ0v) is 20.3. The predicted octanol–water partition coefficient (Wildman–Crippen LogP) is 4.46. The standard InChI is InChI=1S/C27H36ClN3O2/c28-22-9-6-21(7-10-22)8-11-25(32)30-14-12-27(13-15-30)20-24(27)26(33)31-18-16-29(17-19-31)23-4-2-1-3-5-23/h6-11,23-24H,1-5,12-20H2/b11-8+/t24-/m1/s1. The summed E-state index contributed by atoms with van der Waals surface area (Å²) in [7, 11) is 0. The number of likely N-dealkylation sites (tertiary alicyclic amines) is 1. The molecule has 6 heteroatoms. The predicted molar refractivity (Wildman–Crippen MR) is 132 cm³/mol. The summed E-state index contributed by atoms with van der Waals surface area (Å²) in [4.78, 5) is 32.5. The van der Waals surface area contributed by atoms with Gasteiger partial charge in [-0.15, -0.1) is 0 Å². The second kappa shape index (κ2) is 9.79. The Kier molecular flexibility index (Phi) is 6.80. The van der Waals surface area contributed by atoms with Gasteiger partial charge >= 0.3 is 0 Å². The summed E-state index contributed by atoms with van der Waals surface area (Å²) in [6.45, 7) is 5.37. The molecule has 0 unspecified atom stereocenters. The van der Waals surface area contributed by atoms with Crippen LogP contribution < -0.4 is 0 Å². The van der Waals surface area contributed by atoms with Gasteiger partial charge in [0, 0.05) is 62.3 Å². The molecule has 2 heterocycles. The second-order valence-corrected chi connectivity index (χ2v) is 10.9. The van der Waals surface area contributed by atoms with E-state index >= 15 is 0 Å². The van der Waals surface area contributed by atoms with Crippen LogP contribution in [0.4, 0.5) is 0 Å². The van der Waals surface area contributed by atoms with Crippen LogP contribution in [0.2, 0.25) is 5.02 Å². The van der Waals surface area contributed by atoms with E-state index in [0.717, 1.165) is 70.1 Å². The lowest BCUT2D eigenvalue weighted by molar-refractivity contribution is -0.136. The zero-order chi connectivity index (χ0) is 22.8. The number of amides is 2. The third-order valence-electron chi connectivity index (χ3n) is 8.56. The van der Waals surface area contributed by atoms with Crippen LogP contribution in [0.25, 0.3) is 6.08 Å². The molecule has 2 aliphatic carbocycles. The van der Waals surface area contributed by atoms with E-state index in [0.29, 0.717) is 10.9 Å². The van der Waals surface area contributed by atoms with Crippen LogP contribution in [0.3, 0.4) is 0 Å². The van der Waals surface area contributed by atoms with Crippen molar-refractivity contribution in [2.75, 3.05) is 39.3 Å². The second-order valence-electron chi connectivity index (χ2n) is 10.5. The van der Waals surface area contributed by atoms with Crippen LogP contribution in [-0.4, -0.2) is 71.8 Å². The van der Waals surface area contributed by atoms with Gasteiger partial charge in [0.25, 0.3) is 0 Å². The maximum Gasteiger partial charge on any atom is 0.246 e. The Morgan fingerprint density at radius 3 is 2.21 bits per heavy atom. The highest BCUT2D eigenvalue weighted by molar-refractivity contribution is 6.30. The molecule has 0 N–H and O–H groups in total. The average Bonchev–Trinajstić information content (AvgIpc) is 3.57. The lowest BCUT2D eigenvalue weighted by Crippen LogP contribution is -2.53. The molecule has 1 aromatic rings. The van der Waals surface area contributed by atoms with Crippen LogP contribution in [0.15, 0.2) is 30.3 Å². The molecule has 0 aromatic heterocycles. The van der Waals surface area contributed by atoms with Gasteiger partial charge in [-0.05, 0) is 61.3 Å². The quantitative estimate of drug-likeness (QED) is 0.611. The molecule has 4 aliphatic rings. The van der Waals surface area contributed by atoms with Crippen molar-refractivity contribution in [3.8, 4) is 0 Å². The molecule has 2 aliphatic heterocycles. The van der Waals surface area contributed by atoms with E-state index in [1.165, 1.54) is 32.1 Å². The molecule has 2 saturated carbocycles. The summed E-state index contributed by atoms with van der Waals surface area (Å²) in [5.41, 5.74) is 1.12. The van der Waals surface area contributed by atoms with E-state index in [9.17, 15) is 9.59 Å². The molecule has 2 amide bonds. The summed E-state index contributed by atoms with van der Waals surface area (Å²) < 4.78 is 0. The Hall–Kier alpha value is -1.85. The monoisotopic (exact) mass is 469 g/mol. The largest absolute Gasteiger partial charge is 0.340 e. The SMILES string of the molecule is O=C(/C=C/c1ccc(Cl)cc1)N1CCC2(CC1)C[C@@H]2C(=O)N1CCN(C2CCCCC2)CC1. The maximum absolute atomic E-state index is 13.2.